The molecule has 0 heterocycles. The monoisotopic (exact) mass is 268 g/mol. The van der Waals surface area contributed by atoms with E-state index in [1.54, 1.807) is 7.11 Å². The van der Waals surface area contributed by atoms with Crippen LogP contribution in [0.3, 0.4) is 0 Å². The molecule has 0 amide bonds. The van der Waals surface area contributed by atoms with Crippen molar-refractivity contribution in [1.82, 2.24) is 0 Å². The van der Waals surface area contributed by atoms with Gasteiger partial charge in [-0.05, 0) is 25.7 Å². The normalized spacial score (nSPS) is 22.5. The Morgan fingerprint density at radius 1 is 1.17 bits per heavy atom. The predicted molar refractivity (Wildman–Crippen MR) is 63.4 cm³/mol. The molecule has 0 aromatic heterocycles. The molecule has 0 aromatic carbocycles. The van der Waals surface area contributed by atoms with Crippen molar-refractivity contribution in [3.05, 3.63) is 0 Å². The lowest BCUT2D eigenvalue weighted by molar-refractivity contribution is -0.143. The van der Waals surface area contributed by atoms with Crippen LogP contribution in [0.25, 0.3) is 0 Å². The van der Waals surface area contributed by atoms with Gasteiger partial charge in [0.1, 0.15) is 0 Å². The predicted octanol–water partition coefficient (Wildman–Crippen LogP) is 3.82. The second kappa shape index (κ2) is 6.75. The van der Waals surface area contributed by atoms with Crippen LogP contribution in [0.4, 0.5) is 13.2 Å². The number of aliphatic hydroxyl groups excluding tert-OH is 1. The third-order valence-corrected chi connectivity index (χ3v) is 3.90. The van der Waals surface area contributed by atoms with Crippen molar-refractivity contribution in [3.8, 4) is 0 Å². The molecule has 0 aromatic rings. The quantitative estimate of drug-likeness (QED) is 0.768. The summed E-state index contributed by atoms with van der Waals surface area (Å²) in [6.07, 6.45) is 0.0433. The van der Waals surface area contributed by atoms with Gasteiger partial charge in [0, 0.05) is 13.5 Å². The van der Waals surface area contributed by atoms with Gasteiger partial charge in [-0.15, -0.1) is 0 Å². The largest absolute Gasteiger partial charge is 0.390 e. The molecule has 0 aliphatic heterocycles. The fraction of sp³-hybridized carbons (Fsp3) is 1.00. The maximum absolute atomic E-state index is 12.1. The summed E-state index contributed by atoms with van der Waals surface area (Å²) in [5.41, 5.74) is -0.623. The van der Waals surface area contributed by atoms with Crippen molar-refractivity contribution in [3.63, 3.8) is 0 Å². The smallest absolute Gasteiger partial charge is 0.389 e. The standard InChI is InChI=1S/C13H23F3O2/c1-18-12(8-4-2-3-5-9-12)11(17)7-6-10-13(14,15)16/h11,17H,2-10H2,1H3. The summed E-state index contributed by atoms with van der Waals surface area (Å²) >= 11 is 0. The zero-order valence-electron chi connectivity index (χ0n) is 10.9. The van der Waals surface area contributed by atoms with Gasteiger partial charge in [-0.25, -0.2) is 0 Å². The Hall–Kier alpha value is -0.290. The third-order valence-electron chi connectivity index (χ3n) is 3.90. The Labute approximate surface area is 107 Å². The zero-order chi connectivity index (χ0) is 13.6. The van der Waals surface area contributed by atoms with Crippen molar-refractivity contribution in [2.45, 2.75) is 75.7 Å². The summed E-state index contributed by atoms with van der Waals surface area (Å²) in [5.74, 6) is 0. The fourth-order valence-corrected chi connectivity index (χ4v) is 2.76. The van der Waals surface area contributed by atoms with E-state index in [0.717, 1.165) is 38.5 Å². The average Bonchev–Trinajstić information content (AvgIpc) is 2.53. The summed E-state index contributed by atoms with van der Waals surface area (Å²) in [6.45, 7) is 0. The van der Waals surface area contributed by atoms with Crippen molar-refractivity contribution >= 4 is 0 Å². The molecular formula is C13H23F3O2. The van der Waals surface area contributed by atoms with Crippen LogP contribution in [0.2, 0.25) is 0 Å². The van der Waals surface area contributed by atoms with Crippen molar-refractivity contribution in [1.29, 1.82) is 0 Å². The first kappa shape index (κ1) is 15.8. The lowest BCUT2D eigenvalue weighted by atomic mass is 9.85. The maximum Gasteiger partial charge on any atom is 0.389 e. The van der Waals surface area contributed by atoms with E-state index in [2.05, 4.69) is 0 Å². The molecule has 5 heteroatoms. The van der Waals surface area contributed by atoms with E-state index in [0.29, 0.717) is 0 Å². The highest BCUT2D eigenvalue weighted by molar-refractivity contribution is 4.89. The third kappa shape index (κ3) is 4.76. The van der Waals surface area contributed by atoms with Gasteiger partial charge in [-0.3, -0.25) is 0 Å². The van der Waals surface area contributed by atoms with Crippen LogP contribution in [0.15, 0.2) is 0 Å². The molecule has 1 fully saturated rings. The van der Waals surface area contributed by atoms with Gasteiger partial charge in [0.25, 0.3) is 0 Å². The van der Waals surface area contributed by atoms with Gasteiger partial charge in [-0.1, -0.05) is 25.7 Å². The molecule has 0 saturated heterocycles. The summed E-state index contributed by atoms with van der Waals surface area (Å²) < 4.78 is 41.7. The fourth-order valence-electron chi connectivity index (χ4n) is 2.76. The molecule has 1 saturated carbocycles. The van der Waals surface area contributed by atoms with Crippen LogP contribution in [-0.2, 0) is 4.74 Å². The van der Waals surface area contributed by atoms with Crippen LogP contribution < -0.4 is 0 Å². The second-order valence-corrected chi connectivity index (χ2v) is 5.21. The summed E-state index contributed by atoms with van der Waals surface area (Å²) in [7, 11) is 1.55. The first-order valence-electron chi connectivity index (χ1n) is 6.70. The Kier molecular flexibility index (Phi) is 5.92. The summed E-state index contributed by atoms with van der Waals surface area (Å²) in [4.78, 5) is 0. The molecule has 1 aliphatic rings. The number of rotatable bonds is 5. The number of halogens is 3. The van der Waals surface area contributed by atoms with Gasteiger partial charge in [0.2, 0.25) is 0 Å². The number of ether oxygens (including phenoxy) is 1. The molecule has 1 rings (SSSR count). The zero-order valence-corrected chi connectivity index (χ0v) is 10.9. The van der Waals surface area contributed by atoms with Gasteiger partial charge >= 0.3 is 6.18 Å². The highest BCUT2D eigenvalue weighted by Crippen LogP contribution is 2.35. The highest BCUT2D eigenvalue weighted by Gasteiger charge is 2.38. The minimum Gasteiger partial charge on any atom is -0.390 e. The van der Waals surface area contributed by atoms with Crippen LogP contribution in [0.5, 0.6) is 0 Å². The molecule has 0 spiro atoms. The number of methoxy groups -OCH3 is 1. The van der Waals surface area contributed by atoms with E-state index in [9.17, 15) is 18.3 Å². The van der Waals surface area contributed by atoms with Crippen LogP contribution in [-0.4, -0.2) is 30.1 Å². The number of hydrogen-bond donors (Lipinski definition) is 1. The molecular weight excluding hydrogens is 245 g/mol. The lowest BCUT2D eigenvalue weighted by Crippen LogP contribution is -2.43. The summed E-state index contributed by atoms with van der Waals surface area (Å²) in [6, 6.07) is 0. The van der Waals surface area contributed by atoms with Crippen molar-refractivity contribution in [2.24, 2.45) is 0 Å². The van der Waals surface area contributed by atoms with E-state index in [1.807, 2.05) is 0 Å². The Bertz CT molecular complexity index is 233. The number of alkyl halides is 3. The molecule has 1 aliphatic carbocycles. The highest BCUT2D eigenvalue weighted by atomic mass is 19.4. The van der Waals surface area contributed by atoms with E-state index < -0.39 is 24.3 Å². The van der Waals surface area contributed by atoms with E-state index in [-0.39, 0.29) is 12.8 Å². The minimum absolute atomic E-state index is 0.0320. The first-order chi connectivity index (χ1) is 8.40. The van der Waals surface area contributed by atoms with E-state index in [1.165, 1.54) is 0 Å². The maximum atomic E-state index is 12.1. The SMILES string of the molecule is COC1(C(O)CCCC(F)(F)F)CCCCCC1. The van der Waals surface area contributed by atoms with Gasteiger partial charge in [-0.2, -0.15) is 13.2 Å². The molecule has 108 valence electrons. The van der Waals surface area contributed by atoms with Crippen molar-refractivity contribution in [2.75, 3.05) is 7.11 Å². The first-order valence-corrected chi connectivity index (χ1v) is 6.70. The molecule has 1 N–H and O–H groups in total. The van der Waals surface area contributed by atoms with Gasteiger partial charge in [0.05, 0.1) is 11.7 Å². The molecule has 0 radical (unpaired) electrons. The molecule has 1 atom stereocenters. The Morgan fingerprint density at radius 2 is 1.72 bits per heavy atom. The molecule has 18 heavy (non-hydrogen) atoms. The minimum atomic E-state index is -4.14. The number of hydrogen-bond acceptors (Lipinski definition) is 2. The second-order valence-electron chi connectivity index (χ2n) is 5.21. The molecule has 0 bridgehead atoms. The van der Waals surface area contributed by atoms with Crippen LogP contribution in [0, 0.1) is 0 Å². The van der Waals surface area contributed by atoms with Gasteiger partial charge < -0.3 is 9.84 Å². The van der Waals surface area contributed by atoms with Crippen LogP contribution >= 0.6 is 0 Å². The molecule has 1 unspecified atom stereocenters. The molecule has 2 nitrogen and oxygen atoms in total. The lowest BCUT2D eigenvalue weighted by Gasteiger charge is -2.36. The number of aliphatic hydroxyl groups is 1. The topological polar surface area (TPSA) is 29.5 Å². The van der Waals surface area contributed by atoms with Gasteiger partial charge in [0.15, 0.2) is 0 Å². The van der Waals surface area contributed by atoms with Crippen molar-refractivity contribution < 1.29 is 23.0 Å². The summed E-state index contributed by atoms with van der Waals surface area (Å²) in [5, 5.41) is 10.2. The van der Waals surface area contributed by atoms with Crippen LogP contribution in [0.1, 0.15) is 57.8 Å². The Morgan fingerprint density at radius 3 is 2.17 bits per heavy atom. The van der Waals surface area contributed by atoms with E-state index in [4.69, 9.17) is 4.74 Å². The Balaban J connectivity index is 2.47. The van der Waals surface area contributed by atoms with E-state index >= 15 is 0 Å². The average molecular weight is 268 g/mol.